The lowest BCUT2D eigenvalue weighted by Gasteiger charge is -2.18. The summed E-state index contributed by atoms with van der Waals surface area (Å²) in [6.45, 7) is 8.05. The van der Waals surface area contributed by atoms with Gasteiger partial charge in [0.2, 0.25) is 5.82 Å². The third kappa shape index (κ3) is 4.83. The van der Waals surface area contributed by atoms with Gasteiger partial charge in [-0.15, -0.1) is 0 Å². The van der Waals surface area contributed by atoms with Crippen molar-refractivity contribution in [3.63, 3.8) is 0 Å². The summed E-state index contributed by atoms with van der Waals surface area (Å²) >= 11 is 6.20. The molecule has 172 valence electrons. The normalized spacial score (nSPS) is 14.5. The Labute approximate surface area is 198 Å². The molecule has 33 heavy (non-hydrogen) atoms. The van der Waals surface area contributed by atoms with E-state index in [1.54, 1.807) is 17.1 Å². The van der Waals surface area contributed by atoms with E-state index in [-0.39, 0.29) is 23.3 Å². The van der Waals surface area contributed by atoms with Crippen LogP contribution in [0.3, 0.4) is 0 Å². The third-order valence-electron chi connectivity index (χ3n) is 5.89. The first-order valence-corrected chi connectivity index (χ1v) is 11.6. The van der Waals surface area contributed by atoms with E-state index in [4.69, 9.17) is 11.6 Å². The van der Waals surface area contributed by atoms with Gasteiger partial charge in [0.15, 0.2) is 0 Å². The second-order valence-corrected chi connectivity index (χ2v) is 9.72. The smallest absolute Gasteiger partial charge is 0.289 e. The first-order valence-electron chi connectivity index (χ1n) is 11.2. The van der Waals surface area contributed by atoms with Gasteiger partial charge in [0, 0.05) is 12.2 Å². The van der Waals surface area contributed by atoms with E-state index in [0.29, 0.717) is 28.6 Å². The summed E-state index contributed by atoms with van der Waals surface area (Å²) in [7, 11) is 0. The van der Waals surface area contributed by atoms with Gasteiger partial charge in [-0.2, -0.15) is 0 Å². The topological polar surface area (TPSA) is 89.8 Å². The molecule has 8 heteroatoms. The molecule has 1 aliphatic carbocycles. The van der Waals surface area contributed by atoms with Gasteiger partial charge < -0.3 is 5.32 Å². The van der Waals surface area contributed by atoms with E-state index in [0.717, 1.165) is 24.0 Å². The zero-order chi connectivity index (χ0) is 23.8. The predicted octanol–water partition coefficient (Wildman–Crippen LogP) is 4.55. The number of carbonyl (C=O) groups is 1. The quantitative estimate of drug-likeness (QED) is 0.552. The van der Waals surface area contributed by atoms with Crippen LogP contribution in [0, 0.1) is 5.92 Å². The molecule has 1 amide bonds. The molecule has 0 spiro atoms. The van der Waals surface area contributed by atoms with Crippen LogP contribution in [0.4, 0.5) is 0 Å². The number of hydrogen-bond acceptors (Lipinski definition) is 5. The maximum Gasteiger partial charge on any atom is 0.289 e. The molecule has 1 aliphatic rings. The van der Waals surface area contributed by atoms with Crippen LogP contribution in [0.5, 0.6) is 0 Å². The first kappa shape index (κ1) is 23.1. The van der Waals surface area contributed by atoms with Gasteiger partial charge in [-0.25, -0.2) is 15.0 Å². The van der Waals surface area contributed by atoms with E-state index in [9.17, 15) is 9.59 Å². The largest absolute Gasteiger partial charge is 0.340 e. The van der Waals surface area contributed by atoms with Gasteiger partial charge in [0.05, 0.1) is 34.3 Å². The number of benzene rings is 1. The summed E-state index contributed by atoms with van der Waals surface area (Å²) in [5.74, 6) is 0.180. The van der Waals surface area contributed by atoms with E-state index in [2.05, 4.69) is 34.1 Å². The van der Waals surface area contributed by atoms with Gasteiger partial charge in [0.1, 0.15) is 0 Å². The zero-order valence-electron chi connectivity index (χ0n) is 19.3. The van der Waals surface area contributed by atoms with Crippen LogP contribution in [0.1, 0.15) is 68.5 Å². The number of hydrogen-bond donors (Lipinski definition) is 1. The number of amides is 1. The van der Waals surface area contributed by atoms with E-state index in [1.807, 2.05) is 38.1 Å². The van der Waals surface area contributed by atoms with E-state index >= 15 is 0 Å². The molecule has 1 aromatic carbocycles. The zero-order valence-corrected chi connectivity index (χ0v) is 20.1. The maximum atomic E-state index is 12.9. The Hall–Kier alpha value is -3.06. The number of nitrogens with one attached hydrogen (secondary N) is 1. The van der Waals surface area contributed by atoms with Crippen LogP contribution in [-0.2, 0) is 12.0 Å². The van der Waals surface area contributed by atoms with E-state index in [1.165, 1.54) is 6.20 Å². The van der Waals surface area contributed by atoms with Gasteiger partial charge in [-0.05, 0) is 50.2 Å². The molecule has 3 aromatic rings. The van der Waals surface area contributed by atoms with Crippen molar-refractivity contribution in [1.29, 1.82) is 0 Å². The summed E-state index contributed by atoms with van der Waals surface area (Å²) in [6.07, 6.45) is 6.99. The average Bonchev–Trinajstić information content (AvgIpc) is 3.55. The highest BCUT2D eigenvalue weighted by atomic mass is 35.5. The van der Waals surface area contributed by atoms with E-state index < -0.39 is 5.54 Å². The fourth-order valence-corrected chi connectivity index (χ4v) is 4.06. The predicted molar refractivity (Wildman–Crippen MR) is 128 cm³/mol. The Morgan fingerprint density at radius 2 is 1.85 bits per heavy atom. The number of rotatable bonds is 7. The molecule has 2 aromatic heterocycles. The fraction of sp³-hybridized carbons (Fsp3) is 0.400. The first-order chi connectivity index (χ1) is 15.7. The van der Waals surface area contributed by atoms with Gasteiger partial charge in [-0.1, -0.05) is 49.7 Å². The Balaban J connectivity index is 1.54. The van der Waals surface area contributed by atoms with Crippen molar-refractivity contribution in [2.24, 2.45) is 5.92 Å². The summed E-state index contributed by atoms with van der Waals surface area (Å²) in [5.41, 5.74) is 2.52. The monoisotopic (exact) mass is 465 g/mol. The Bertz CT molecular complexity index is 1230. The Morgan fingerprint density at radius 3 is 2.45 bits per heavy atom. The minimum Gasteiger partial charge on any atom is -0.340 e. The molecule has 1 N–H and O–H groups in total. The lowest BCUT2D eigenvalue weighted by Crippen LogP contribution is -2.36. The standard InChI is InChI=1S/C25H28ClN5O2/c1-15(2)11-21-20(26)13-28-22(29-21)23(32)30-25(9-10-25)18-7-5-17(6-8-18)19-12-27-14-31(16(3)4)24(19)33/h5-8,12-16H,9-11H2,1-4H3,(H,30,32). The van der Waals surface area contributed by atoms with Crippen LogP contribution >= 0.6 is 11.6 Å². The second-order valence-electron chi connectivity index (χ2n) is 9.31. The number of carbonyl (C=O) groups excluding carboxylic acids is 1. The Kier molecular flexibility index (Phi) is 6.34. The van der Waals surface area contributed by atoms with Crippen LogP contribution in [0.15, 0.2) is 47.8 Å². The molecule has 0 unspecified atom stereocenters. The van der Waals surface area contributed by atoms with Gasteiger partial charge in [-0.3, -0.25) is 14.2 Å². The summed E-state index contributed by atoms with van der Waals surface area (Å²) in [5, 5.41) is 3.59. The molecular weight excluding hydrogens is 438 g/mol. The molecule has 0 aliphatic heterocycles. The molecule has 0 radical (unpaired) electrons. The maximum absolute atomic E-state index is 12.9. The number of aromatic nitrogens is 4. The lowest BCUT2D eigenvalue weighted by atomic mass is 10.0. The molecular formula is C25H28ClN5O2. The van der Waals surface area contributed by atoms with Crippen molar-refractivity contribution in [2.75, 3.05) is 0 Å². The molecule has 0 bridgehead atoms. The second kappa shape index (κ2) is 9.06. The number of nitrogens with zero attached hydrogens (tertiary/aromatic N) is 4. The van der Waals surface area contributed by atoms with Crippen LogP contribution in [0.2, 0.25) is 5.02 Å². The third-order valence-corrected chi connectivity index (χ3v) is 6.20. The molecule has 1 fully saturated rings. The van der Waals surface area contributed by atoms with Crippen molar-refractivity contribution in [1.82, 2.24) is 24.8 Å². The highest BCUT2D eigenvalue weighted by Gasteiger charge is 2.46. The summed E-state index contributed by atoms with van der Waals surface area (Å²) < 4.78 is 1.62. The molecule has 0 saturated heterocycles. The minimum absolute atomic E-state index is 0.0327. The molecule has 0 atom stereocenters. The van der Waals surface area contributed by atoms with Crippen LogP contribution < -0.4 is 10.9 Å². The van der Waals surface area contributed by atoms with Gasteiger partial charge >= 0.3 is 0 Å². The van der Waals surface area contributed by atoms with Crippen LogP contribution in [-0.4, -0.2) is 25.4 Å². The number of halogens is 1. The van der Waals surface area contributed by atoms with Crippen molar-refractivity contribution < 1.29 is 4.79 Å². The minimum atomic E-state index is -0.441. The SMILES string of the molecule is CC(C)Cc1nc(C(=O)NC2(c3ccc(-c4cncn(C(C)C)c4=O)cc3)CC2)ncc1Cl. The summed E-state index contributed by atoms with van der Waals surface area (Å²) in [6, 6.07) is 7.77. The molecule has 7 nitrogen and oxygen atoms in total. The molecule has 4 rings (SSSR count). The average molecular weight is 466 g/mol. The van der Waals surface area contributed by atoms with Crippen molar-refractivity contribution in [3.05, 3.63) is 75.4 Å². The molecule has 2 heterocycles. The highest BCUT2D eigenvalue weighted by Crippen LogP contribution is 2.46. The highest BCUT2D eigenvalue weighted by molar-refractivity contribution is 6.31. The fourth-order valence-electron chi connectivity index (χ4n) is 3.89. The Morgan fingerprint density at radius 1 is 1.15 bits per heavy atom. The molecule has 1 saturated carbocycles. The van der Waals surface area contributed by atoms with Crippen molar-refractivity contribution in [2.45, 2.75) is 58.5 Å². The van der Waals surface area contributed by atoms with Crippen LogP contribution in [0.25, 0.3) is 11.1 Å². The van der Waals surface area contributed by atoms with Crippen molar-refractivity contribution >= 4 is 17.5 Å². The summed E-state index contributed by atoms with van der Waals surface area (Å²) in [4.78, 5) is 38.5. The van der Waals surface area contributed by atoms with Gasteiger partial charge in [0.25, 0.3) is 11.5 Å². The van der Waals surface area contributed by atoms with Crippen molar-refractivity contribution in [3.8, 4) is 11.1 Å². The lowest BCUT2D eigenvalue weighted by molar-refractivity contribution is 0.0919.